The predicted octanol–water partition coefficient (Wildman–Crippen LogP) is 2.95. The monoisotopic (exact) mass is 323 g/mol. The molecule has 0 saturated heterocycles. The Balaban J connectivity index is 1.75. The molecule has 0 spiro atoms. The van der Waals surface area contributed by atoms with E-state index in [1.54, 1.807) is 0 Å². The maximum atomic E-state index is 12.6. The van der Waals surface area contributed by atoms with Gasteiger partial charge >= 0.3 is 0 Å². The first kappa shape index (κ1) is 15.5. The van der Waals surface area contributed by atoms with Crippen molar-refractivity contribution in [2.75, 3.05) is 13.6 Å². The Hall–Kier alpha value is -2.07. The van der Waals surface area contributed by atoms with E-state index >= 15 is 0 Å². The molecular formula is C20H25N3O. The zero-order chi connectivity index (χ0) is 16.8. The SMILES string of the molecule is CCC(C)NC(=O)C1C=C2c3cccc4[nH]cc(c34)CC2N(C)C1. The second kappa shape index (κ2) is 5.78. The van der Waals surface area contributed by atoms with Gasteiger partial charge in [-0.1, -0.05) is 25.1 Å². The van der Waals surface area contributed by atoms with E-state index in [1.807, 2.05) is 0 Å². The molecule has 2 heterocycles. The first-order valence-electron chi connectivity index (χ1n) is 8.90. The minimum Gasteiger partial charge on any atom is -0.361 e. The molecule has 2 aromatic rings. The van der Waals surface area contributed by atoms with Gasteiger partial charge in [0.2, 0.25) is 5.91 Å². The van der Waals surface area contributed by atoms with Crippen LogP contribution in [0.15, 0.2) is 30.5 Å². The lowest BCUT2D eigenvalue weighted by atomic mass is 9.80. The molecule has 1 aliphatic heterocycles. The zero-order valence-corrected chi connectivity index (χ0v) is 14.6. The van der Waals surface area contributed by atoms with Gasteiger partial charge in [0, 0.05) is 35.7 Å². The minimum absolute atomic E-state index is 0.0778. The third kappa shape index (κ3) is 2.37. The molecule has 1 amide bonds. The molecule has 2 aliphatic rings. The molecule has 3 unspecified atom stereocenters. The molecule has 4 rings (SSSR count). The molecule has 0 radical (unpaired) electrons. The number of aromatic nitrogens is 1. The van der Waals surface area contributed by atoms with Gasteiger partial charge < -0.3 is 10.3 Å². The fourth-order valence-electron chi connectivity index (χ4n) is 4.07. The number of benzene rings is 1. The Kier molecular flexibility index (Phi) is 3.72. The number of carbonyl (C=O) groups excluding carboxylic acids is 1. The van der Waals surface area contributed by atoms with Crippen molar-refractivity contribution in [3.63, 3.8) is 0 Å². The van der Waals surface area contributed by atoms with Gasteiger partial charge in [0.1, 0.15) is 0 Å². The van der Waals surface area contributed by atoms with Gasteiger partial charge in [-0.25, -0.2) is 0 Å². The highest BCUT2D eigenvalue weighted by Crippen LogP contribution is 2.40. The Labute approximate surface area is 142 Å². The summed E-state index contributed by atoms with van der Waals surface area (Å²) in [5.41, 5.74) is 5.17. The largest absolute Gasteiger partial charge is 0.361 e. The van der Waals surface area contributed by atoms with Crippen LogP contribution in [0.5, 0.6) is 0 Å². The molecule has 4 heteroatoms. The fraction of sp³-hybridized carbons (Fsp3) is 0.450. The molecule has 3 atom stereocenters. The standard InChI is InChI=1S/C20H25N3O/c1-4-12(2)22-20(24)14-8-16-15-6-5-7-17-19(15)13(10-21-17)9-18(16)23(3)11-14/h5-8,10,12,14,18,21H,4,9,11H2,1-3H3,(H,22,24). The summed E-state index contributed by atoms with van der Waals surface area (Å²) in [5.74, 6) is 0.0696. The van der Waals surface area contributed by atoms with Crippen molar-refractivity contribution in [3.8, 4) is 0 Å². The first-order chi connectivity index (χ1) is 11.6. The van der Waals surface area contributed by atoms with Crippen LogP contribution in [0.2, 0.25) is 0 Å². The highest BCUT2D eigenvalue weighted by molar-refractivity contribution is 5.99. The van der Waals surface area contributed by atoms with E-state index in [0.29, 0.717) is 6.04 Å². The number of hydrogen-bond acceptors (Lipinski definition) is 2. The van der Waals surface area contributed by atoms with E-state index in [4.69, 9.17) is 0 Å². The number of rotatable bonds is 3. The van der Waals surface area contributed by atoms with Crippen LogP contribution in [0.25, 0.3) is 16.5 Å². The van der Waals surface area contributed by atoms with Crippen LogP contribution in [0.1, 0.15) is 31.4 Å². The highest BCUT2D eigenvalue weighted by atomic mass is 16.2. The summed E-state index contributed by atoms with van der Waals surface area (Å²) in [6.07, 6.45) is 6.33. The topological polar surface area (TPSA) is 48.1 Å². The molecular weight excluding hydrogens is 298 g/mol. The average Bonchev–Trinajstić information content (AvgIpc) is 3.00. The Morgan fingerprint density at radius 1 is 1.46 bits per heavy atom. The number of amides is 1. The lowest BCUT2D eigenvalue weighted by Crippen LogP contribution is -2.47. The lowest BCUT2D eigenvalue weighted by molar-refractivity contribution is -0.124. The van der Waals surface area contributed by atoms with Crippen LogP contribution in [-0.2, 0) is 11.2 Å². The summed E-state index contributed by atoms with van der Waals surface area (Å²) in [6.45, 7) is 4.95. The number of fused-ring (bicyclic) bond motifs is 2. The summed E-state index contributed by atoms with van der Waals surface area (Å²) < 4.78 is 0. The van der Waals surface area contributed by atoms with Crippen LogP contribution < -0.4 is 5.32 Å². The van der Waals surface area contributed by atoms with Crippen LogP contribution in [0.4, 0.5) is 0 Å². The number of hydrogen-bond donors (Lipinski definition) is 2. The van der Waals surface area contributed by atoms with Gasteiger partial charge in [-0.15, -0.1) is 0 Å². The lowest BCUT2D eigenvalue weighted by Gasteiger charge is -2.39. The Bertz CT molecular complexity index is 819. The van der Waals surface area contributed by atoms with E-state index < -0.39 is 0 Å². The highest BCUT2D eigenvalue weighted by Gasteiger charge is 2.35. The minimum atomic E-state index is -0.0778. The quantitative estimate of drug-likeness (QED) is 0.912. The van der Waals surface area contributed by atoms with Crippen LogP contribution >= 0.6 is 0 Å². The number of likely N-dealkylation sites (N-methyl/N-ethyl adjacent to an activating group) is 1. The Morgan fingerprint density at radius 3 is 3.08 bits per heavy atom. The van der Waals surface area contributed by atoms with Crippen LogP contribution in [0, 0.1) is 5.92 Å². The molecule has 1 aromatic heterocycles. The third-order valence-electron chi connectivity index (χ3n) is 5.61. The number of nitrogens with zero attached hydrogens (tertiary/aromatic N) is 1. The second-order valence-electron chi connectivity index (χ2n) is 7.25. The third-order valence-corrected chi connectivity index (χ3v) is 5.61. The van der Waals surface area contributed by atoms with Crippen molar-refractivity contribution in [1.82, 2.24) is 15.2 Å². The average molecular weight is 323 g/mol. The van der Waals surface area contributed by atoms with Gasteiger partial charge in [0.25, 0.3) is 0 Å². The van der Waals surface area contributed by atoms with Crippen molar-refractivity contribution >= 4 is 22.4 Å². The molecule has 1 aromatic carbocycles. The van der Waals surface area contributed by atoms with Crippen molar-refractivity contribution in [2.45, 2.75) is 38.8 Å². The van der Waals surface area contributed by atoms with Gasteiger partial charge in [0.15, 0.2) is 0 Å². The maximum absolute atomic E-state index is 12.6. The first-order valence-corrected chi connectivity index (χ1v) is 8.90. The normalized spacial score (nSPS) is 24.4. The maximum Gasteiger partial charge on any atom is 0.228 e. The zero-order valence-electron chi connectivity index (χ0n) is 14.6. The number of aromatic amines is 1. The second-order valence-corrected chi connectivity index (χ2v) is 7.25. The van der Waals surface area contributed by atoms with Gasteiger partial charge in [-0.05, 0) is 49.6 Å². The fourth-order valence-corrected chi connectivity index (χ4v) is 4.07. The number of carbonyl (C=O) groups is 1. The van der Waals surface area contributed by atoms with Crippen molar-refractivity contribution in [1.29, 1.82) is 0 Å². The summed E-state index contributed by atoms with van der Waals surface area (Å²) in [5, 5.41) is 4.47. The van der Waals surface area contributed by atoms with E-state index in [0.717, 1.165) is 19.4 Å². The molecule has 126 valence electrons. The molecule has 1 aliphatic carbocycles. The summed E-state index contributed by atoms with van der Waals surface area (Å²) >= 11 is 0. The molecule has 0 saturated carbocycles. The Morgan fingerprint density at radius 2 is 2.29 bits per heavy atom. The van der Waals surface area contributed by atoms with E-state index in [-0.39, 0.29) is 17.9 Å². The summed E-state index contributed by atoms with van der Waals surface area (Å²) in [6, 6.07) is 7.02. The molecule has 4 nitrogen and oxygen atoms in total. The van der Waals surface area contributed by atoms with Gasteiger partial charge in [0.05, 0.1) is 5.92 Å². The molecule has 0 bridgehead atoms. The molecule has 0 fully saturated rings. The summed E-state index contributed by atoms with van der Waals surface area (Å²) in [4.78, 5) is 18.4. The van der Waals surface area contributed by atoms with Crippen molar-refractivity contribution in [3.05, 3.63) is 41.6 Å². The predicted molar refractivity (Wildman–Crippen MR) is 97.8 cm³/mol. The summed E-state index contributed by atoms with van der Waals surface area (Å²) in [7, 11) is 2.14. The van der Waals surface area contributed by atoms with Gasteiger partial charge in [-0.3, -0.25) is 9.69 Å². The number of H-pyrrole nitrogens is 1. The molecule has 24 heavy (non-hydrogen) atoms. The molecule has 2 N–H and O–H groups in total. The van der Waals surface area contributed by atoms with Gasteiger partial charge in [-0.2, -0.15) is 0 Å². The number of nitrogens with one attached hydrogen (secondary N) is 2. The van der Waals surface area contributed by atoms with Crippen LogP contribution in [0.3, 0.4) is 0 Å². The van der Waals surface area contributed by atoms with E-state index in [2.05, 4.69) is 66.6 Å². The van der Waals surface area contributed by atoms with Crippen LogP contribution in [-0.4, -0.2) is 41.5 Å². The smallest absolute Gasteiger partial charge is 0.228 e. The van der Waals surface area contributed by atoms with E-state index in [9.17, 15) is 4.79 Å². The van der Waals surface area contributed by atoms with E-state index in [1.165, 1.54) is 27.6 Å². The van der Waals surface area contributed by atoms with Crippen molar-refractivity contribution < 1.29 is 4.79 Å². The van der Waals surface area contributed by atoms with Crippen molar-refractivity contribution in [2.24, 2.45) is 5.92 Å².